The first kappa shape index (κ1) is 29.7. The Balaban J connectivity index is 1.50. The fourth-order valence-corrected chi connectivity index (χ4v) is 4.34. The summed E-state index contributed by atoms with van der Waals surface area (Å²) in [6.45, 7) is 1.57. The van der Waals surface area contributed by atoms with Gasteiger partial charge < -0.3 is 0 Å². The molecule has 0 aliphatic carbocycles. The number of benzene rings is 4. The van der Waals surface area contributed by atoms with Crippen LogP contribution in [0.25, 0.3) is 28.1 Å². The average Bonchev–Trinajstić information content (AvgIpc) is 2.91. The number of rotatable bonds is 7. The van der Waals surface area contributed by atoms with Crippen molar-refractivity contribution < 1.29 is 39.5 Å². The zero-order chi connectivity index (χ0) is 29.9. The van der Waals surface area contributed by atoms with Crippen LogP contribution in [0.4, 0.5) is 39.5 Å². The lowest BCUT2D eigenvalue weighted by Crippen LogP contribution is -2.12. The van der Waals surface area contributed by atoms with Crippen LogP contribution < -0.4 is 0 Å². The largest absolute Gasteiger partial charge is 0.422 e. The summed E-state index contributed by atoms with van der Waals surface area (Å²) < 4.78 is 123. The van der Waals surface area contributed by atoms with Crippen molar-refractivity contribution >= 4 is 5.83 Å². The SMILES string of the molecule is C/C=C/C(F)=C(\F)c1ccc(-c2ccc(-c3cc(F)c(CCc4cc(F)c(C(F)(F)F)c(F)c4)c(F)c3)cc2)cc1. The van der Waals surface area contributed by atoms with Gasteiger partial charge in [-0.25, -0.2) is 26.3 Å². The van der Waals surface area contributed by atoms with E-state index < -0.39 is 46.7 Å². The summed E-state index contributed by atoms with van der Waals surface area (Å²) in [7, 11) is 0. The smallest absolute Gasteiger partial charge is 0.207 e. The van der Waals surface area contributed by atoms with Crippen molar-refractivity contribution in [2.45, 2.75) is 25.9 Å². The van der Waals surface area contributed by atoms with Gasteiger partial charge in [0, 0.05) is 11.1 Å². The van der Waals surface area contributed by atoms with Crippen LogP contribution in [0, 0.1) is 23.3 Å². The Kier molecular flexibility index (Phi) is 8.75. The molecule has 41 heavy (non-hydrogen) atoms. The van der Waals surface area contributed by atoms with E-state index in [4.69, 9.17) is 0 Å². The van der Waals surface area contributed by atoms with Gasteiger partial charge in [-0.1, -0.05) is 54.6 Å². The van der Waals surface area contributed by atoms with Crippen LogP contribution in [0.3, 0.4) is 0 Å². The molecule has 0 fully saturated rings. The van der Waals surface area contributed by atoms with Crippen molar-refractivity contribution in [3.05, 3.63) is 136 Å². The number of hydrogen-bond donors (Lipinski definition) is 0. The molecule has 4 aromatic rings. The Labute approximate surface area is 230 Å². The molecule has 0 atom stereocenters. The first-order chi connectivity index (χ1) is 19.4. The predicted molar refractivity (Wildman–Crippen MR) is 140 cm³/mol. The molecule has 212 valence electrons. The maximum absolute atomic E-state index is 14.8. The molecule has 0 nitrogen and oxygen atoms in total. The maximum Gasteiger partial charge on any atom is 0.422 e. The van der Waals surface area contributed by atoms with Gasteiger partial charge in [-0.2, -0.15) is 13.2 Å². The Hall–Kier alpha value is -4.27. The van der Waals surface area contributed by atoms with Gasteiger partial charge in [-0.05, 0) is 77.9 Å². The van der Waals surface area contributed by atoms with Crippen LogP contribution in [-0.2, 0) is 19.0 Å². The van der Waals surface area contributed by atoms with Gasteiger partial charge in [-0.3, -0.25) is 0 Å². The summed E-state index contributed by atoms with van der Waals surface area (Å²) in [4.78, 5) is 0. The van der Waals surface area contributed by atoms with Gasteiger partial charge in [0.15, 0.2) is 11.7 Å². The van der Waals surface area contributed by atoms with Crippen molar-refractivity contribution in [3.8, 4) is 22.3 Å². The minimum Gasteiger partial charge on any atom is -0.207 e. The van der Waals surface area contributed by atoms with Crippen LogP contribution in [0.5, 0.6) is 0 Å². The molecule has 0 aliphatic rings. The molecule has 0 amide bonds. The van der Waals surface area contributed by atoms with Crippen molar-refractivity contribution in [2.24, 2.45) is 0 Å². The molecule has 0 aromatic heterocycles. The number of halogens is 9. The van der Waals surface area contributed by atoms with E-state index in [9.17, 15) is 39.5 Å². The standard InChI is InChI=1S/C32H21F9/c1-2-3-25(33)31(38)22-11-9-20(10-12-22)19-5-7-21(8-6-19)23-16-26(34)24(27(35)17-23)13-4-18-14-28(36)30(29(37)15-18)32(39,40)41/h2-3,5-12,14-17H,4,13H2,1H3/b3-2+,31-25+. The lowest BCUT2D eigenvalue weighted by molar-refractivity contribution is -0.142. The van der Waals surface area contributed by atoms with Gasteiger partial charge in [0.05, 0.1) is 0 Å². The summed E-state index contributed by atoms with van der Waals surface area (Å²) in [6, 6.07) is 15.9. The number of allylic oxidation sites excluding steroid dienone is 3. The van der Waals surface area contributed by atoms with Crippen molar-refractivity contribution in [1.82, 2.24) is 0 Å². The predicted octanol–water partition coefficient (Wildman–Crippen LogP) is 10.6. The third-order valence-corrected chi connectivity index (χ3v) is 6.40. The van der Waals surface area contributed by atoms with Crippen molar-refractivity contribution in [3.63, 3.8) is 0 Å². The molecular formula is C32H21F9. The zero-order valence-corrected chi connectivity index (χ0v) is 21.4. The van der Waals surface area contributed by atoms with Gasteiger partial charge >= 0.3 is 6.18 Å². The van der Waals surface area contributed by atoms with E-state index >= 15 is 0 Å². The van der Waals surface area contributed by atoms with Crippen molar-refractivity contribution in [2.75, 3.05) is 0 Å². The minimum absolute atomic E-state index is 0.0700. The number of alkyl halides is 3. The quantitative estimate of drug-likeness (QED) is 0.152. The Morgan fingerprint density at radius 1 is 0.634 bits per heavy atom. The van der Waals surface area contributed by atoms with E-state index in [1.807, 2.05) is 0 Å². The highest BCUT2D eigenvalue weighted by Crippen LogP contribution is 2.35. The average molecular weight is 577 g/mol. The molecule has 0 unspecified atom stereocenters. The molecule has 4 aromatic carbocycles. The van der Waals surface area contributed by atoms with Crippen LogP contribution >= 0.6 is 0 Å². The summed E-state index contributed by atoms with van der Waals surface area (Å²) in [5, 5.41) is 0. The maximum atomic E-state index is 14.8. The number of hydrogen-bond acceptors (Lipinski definition) is 0. The van der Waals surface area contributed by atoms with E-state index in [1.54, 1.807) is 43.3 Å². The number of aryl methyl sites for hydroxylation is 1. The van der Waals surface area contributed by atoms with Gasteiger partial charge in [0.1, 0.15) is 28.8 Å². The highest BCUT2D eigenvalue weighted by atomic mass is 19.4. The Morgan fingerprint density at radius 3 is 1.56 bits per heavy atom. The minimum atomic E-state index is -5.22. The second kappa shape index (κ2) is 12.1. The van der Waals surface area contributed by atoms with E-state index in [-0.39, 0.29) is 35.1 Å². The van der Waals surface area contributed by atoms with Crippen LogP contribution in [0.1, 0.15) is 29.2 Å². The molecule has 0 aliphatic heterocycles. The van der Waals surface area contributed by atoms with Crippen LogP contribution in [0.15, 0.2) is 90.8 Å². The summed E-state index contributed by atoms with van der Waals surface area (Å²) >= 11 is 0. The van der Waals surface area contributed by atoms with Gasteiger partial charge in [0.2, 0.25) is 0 Å². The molecule has 0 saturated heterocycles. The summed E-state index contributed by atoms with van der Waals surface area (Å²) in [6.07, 6.45) is -3.46. The third kappa shape index (κ3) is 6.73. The molecule has 0 bridgehead atoms. The van der Waals surface area contributed by atoms with E-state index in [1.165, 1.54) is 18.2 Å². The van der Waals surface area contributed by atoms with Crippen LogP contribution in [0.2, 0.25) is 0 Å². The molecule has 0 saturated carbocycles. The normalized spacial score (nSPS) is 12.6. The molecule has 0 spiro atoms. The van der Waals surface area contributed by atoms with E-state index in [2.05, 4.69) is 0 Å². The summed E-state index contributed by atoms with van der Waals surface area (Å²) in [5.41, 5.74) is -0.406. The molecule has 0 radical (unpaired) electrons. The highest BCUT2D eigenvalue weighted by molar-refractivity contribution is 5.72. The molecule has 4 rings (SSSR count). The molecule has 9 heteroatoms. The lowest BCUT2D eigenvalue weighted by Gasteiger charge is -2.12. The Morgan fingerprint density at radius 2 is 1.10 bits per heavy atom. The topological polar surface area (TPSA) is 0 Å². The Bertz CT molecular complexity index is 1560. The monoisotopic (exact) mass is 576 g/mol. The molecule has 0 N–H and O–H groups in total. The third-order valence-electron chi connectivity index (χ3n) is 6.40. The first-order valence-corrected chi connectivity index (χ1v) is 12.3. The zero-order valence-electron chi connectivity index (χ0n) is 21.4. The van der Waals surface area contributed by atoms with E-state index in [0.717, 1.165) is 18.2 Å². The second-order valence-electron chi connectivity index (χ2n) is 9.17. The second-order valence-corrected chi connectivity index (χ2v) is 9.17. The lowest BCUT2D eigenvalue weighted by atomic mass is 9.96. The fourth-order valence-electron chi connectivity index (χ4n) is 4.34. The van der Waals surface area contributed by atoms with Crippen molar-refractivity contribution in [1.29, 1.82) is 0 Å². The van der Waals surface area contributed by atoms with Crippen LogP contribution in [-0.4, -0.2) is 0 Å². The fraction of sp³-hybridized carbons (Fsp3) is 0.125. The van der Waals surface area contributed by atoms with Gasteiger partial charge in [-0.15, -0.1) is 0 Å². The first-order valence-electron chi connectivity index (χ1n) is 12.3. The molecule has 0 heterocycles. The highest BCUT2D eigenvalue weighted by Gasteiger charge is 2.37. The van der Waals surface area contributed by atoms with E-state index in [0.29, 0.717) is 28.8 Å². The summed E-state index contributed by atoms with van der Waals surface area (Å²) in [5.74, 6) is -7.43. The van der Waals surface area contributed by atoms with Gasteiger partial charge in [0.25, 0.3) is 0 Å². The molecular weight excluding hydrogens is 555 g/mol.